The van der Waals surface area contributed by atoms with Crippen molar-refractivity contribution in [1.82, 2.24) is 4.57 Å². The summed E-state index contributed by atoms with van der Waals surface area (Å²) in [6, 6.07) is 55.0. The van der Waals surface area contributed by atoms with Crippen LogP contribution in [0.4, 0.5) is 11.4 Å². The van der Waals surface area contributed by atoms with E-state index >= 15 is 0 Å². The maximum absolute atomic E-state index is 2.49. The van der Waals surface area contributed by atoms with Crippen LogP contribution in [0.25, 0.3) is 38.6 Å². The van der Waals surface area contributed by atoms with Gasteiger partial charge in [-0.3, -0.25) is 0 Å². The van der Waals surface area contributed by atoms with Gasteiger partial charge in [-0.1, -0.05) is 103 Å². The van der Waals surface area contributed by atoms with E-state index < -0.39 is 0 Å². The van der Waals surface area contributed by atoms with Crippen LogP contribution in [0.2, 0.25) is 0 Å². The average molecular weight is 499 g/mol. The molecule has 0 atom stereocenters. The third-order valence-corrected chi connectivity index (χ3v) is 8.06. The summed E-state index contributed by atoms with van der Waals surface area (Å²) in [5, 5.41) is 2.56. The first-order valence-electron chi connectivity index (χ1n) is 13.5. The van der Waals surface area contributed by atoms with Crippen LogP contribution >= 0.6 is 0 Å². The molecule has 8 rings (SSSR count). The van der Waals surface area contributed by atoms with Crippen LogP contribution in [0.15, 0.2) is 152 Å². The Morgan fingerprint density at radius 3 is 1.46 bits per heavy atom. The molecule has 1 aliphatic rings. The van der Waals surface area contributed by atoms with Gasteiger partial charge in [0.25, 0.3) is 0 Å². The zero-order valence-corrected chi connectivity index (χ0v) is 21.4. The van der Waals surface area contributed by atoms with Gasteiger partial charge in [0.05, 0.1) is 17.1 Å². The molecule has 39 heavy (non-hydrogen) atoms. The van der Waals surface area contributed by atoms with E-state index in [-0.39, 0.29) is 6.04 Å². The first kappa shape index (κ1) is 22.0. The lowest BCUT2D eigenvalue weighted by Gasteiger charge is -2.33. The van der Waals surface area contributed by atoms with Crippen molar-refractivity contribution in [2.24, 2.45) is 0 Å². The van der Waals surface area contributed by atoms with Gasteiger partial charge in [-0.2, -0.15) is 0 Å². The highest BCUT2D eigenvalue weighted by molar-refractivity contribution is 6.09. The molecule has 184 valence electrons. The summed E-state index contributed by atoms with van der Waals surface area (Å²) in [6.07, 6.45) is 0. The lowest BCUT2D eigenvalue weighted by Crippen LogP contribution is -2.23. The second kappa shape index (κ2) is 8.75. The minimum absolute atomic E-state index is 0.0962. The molecule has 0 aliphatic heterocycles. The maximum Gasteiger partial charge on any atom is 0.0856 e. The molecule has 0 fully saturated rings. The molecule has 0 amide bonds. The Kier molecular flexibility index (Phi) is 4.92. The zero-order chi connectivity index (χ0) is 25.8. The number of hydrogen-bond acceptors (Lipinski definition) is 1. The Labute approximate surface area is 228 Å². The molecule has 0 saturated heterocycles. The van der Waals surface area contributed by atoms with Crippen LogP contribution in [-0.2, 0) is 0 Å². The molecule has 0 bridgehead atoms. The third-order valence-electron chi connectivity index (χ3n) is 8.06. The molecule has 1 aromatic heterocycles. The fourth-order valence-corrected chi connectivity index (χ4v) is 6.41. The van der Waals surface area contributed by atoms with Crippen LogP contribution in [-0.4, -0.2) is 4.57 Å². The molecule has 0 unspecified atom stereocenters. The van der Waals surface area contributed by atoms with E-state index in [1.165, 1.54) is 55.4 Å². The standard InChI is InChI=1S/C37H26N2/c1-2-12-26(13-3-1)38(37-33-18-6-4-14-29(33)30-15-5-7-19-34(30)37)27-22-24-28(25-23-27)39-35-20-10-8-16-31(35)32-17-9-11-21-36(32)39/h1-25,37H. The van der Waals surface area contributed by atoms with E-state index in [0.717, 1.165) is 5.69 Å². The molecule has 0 saturated carbocycles. The quantitative estimate of drug-likeness (QED) is 0.234. The highest BCUT2D eigenvalue weighted by Crippen LogP contribution is 2.50. The molecule has 6 aromatic carbocycles. The summed E-state index contributed by atoms with van der Waals surface area (Å²) in [5.74, 6) is 0. The smallest absolute Gasteiger partial charge is 0.0856 e. The predicted molar refractivity (Wildman–Crippen MR) is 163 cm³/mol. The summed E-state index contributed by atoms with van der Waals surface area (Å²) < 4.78 is 2.38. The van der Waals surface area contributed by atoms with E-state index in [4.69, 9.17) is 0 Å². The molecular formula is C37H26N2. The van der Waals surface area contributed by atoms with Crippen molar-refractivity contribution in [3.05, 3.63) is 163 Å². The van der Waals surface area contributed by atoms with Crippen molar-refractivity contribution >= 4 is 33.2 Å². The zero-order valence-electron chi connectivity index (χ0n) is 21.4. The number of aromatic nitrogens is 1. The van der Waals surface area contributed by atoms with E-state index in [1.54, 1.807) is 0 Å². The van der Waals surface area contributed by atoms with Crippen molar-refractivity contribution in [2.75, 3.05) is 4.90 Å². The van der Waals surface area contributed by atoms with Gasteiger partial charge in [0.15, 0.2) is 0 Å². The van der Waals surface area contributed by atoms with Gasteiger partial charge in [-0.15, -0.1) is 0 Å². The Morgan fingerprint density at radius 2 is 0.872 bits per heavy atom. The predicted octanol–water partition coefficient (Wildman–Crippen LogP) is 9.69. The molecular weight excluding hydrogens is 472 g/mol. The number of rotatable bonds is 4. The lowest BCUT2D eigenvalue weighted by atomic mass is 10.0. The van der Waals surface area contributed by atoms with Gasteiger partial charge in [0.1, 0.15) is 0 Å². The molecule has 2 nitrogen and oxygen atoms in total. The van der Waals surface area contributed by atoms with Crippen molar-refractivity contribution in [2.45, 2.75) is 6.04 Å². The fourth-order valence-electron chi connectivity index (χ4n) is 6.41. The van der Waals surface area contributed by atoms with Crippen LogP contribution in [0, 0.1) is 0 Å². The highest BCUT2D eigenvalue weighted by Gasteiger charge is 2.33. The van der Waals surface area contributed by atoms with E-state index in [2.05, 4.69) is 161 Å². The molecule has 0 radical (unpaired) electrons. The summed E-state index contributed by atoms with van der Waals surface area (Å²) in [6.45, 7) is 0. The van der Waals surface area contributed by atoms with Crippen LogP contribution in [0.1, 0.15) is 17.2 Å². The molecule has 0 spiro atoms. The summed E-state index contributed by atoms with van der Waals surface area (Å²) in [7, 11) is 0. The van der Waals surface area contributed by atoms with Crippen molar-refractivity contribution < 1.29 is 0 Å². The van der Waals surface area contributed by atoms with Crippen molar-refractivity contribution in [3.63, 3.8) is 0 Å². The van der Waals surface area contributed by atoms with Crippen molar-refractivity contribution in [3.8, 4) is 16.8 Å². The lowest BCUT2D eigenvalue weighted by molar-refractivity contribution is 0.842. The van der Waals surface area contributed by atoms with E-state index in [9.17, 15) is 0 Å². The molecule has 2 heteroatoms. The number of anilines is 2. The number of benzene rings is 6. The van der Waals surface area contributed by atoms with Crippen LogP contribution < -0.4 is 4.90 Å². The van der Waals surface area contributed by atoms with Gasteiger partial charge in [0, 0.05) is 27.8 Å². The normalized spacial score (nSPS) is 12.5. The van der Waals surface area contributed by atoms with Crippen LogP contribution in [0.5, 0.6) is 0 Å². The van der Waals surface area contributed by atoms with Gasteiger partial charge in [0.2, 0.25) is 0 Å². The number of nitrogens with zero attached hydrogens (tertiary/aromatic N) is 2. The Hall–Kier alpha value is -5.08. The van der Waals surface area contributed by atoms with Crippen molar-refractivity contribution in [1.29, 1.82) is 0 Å². The molecule has 0 N–H and O–H groups in total. The Morgan fingerprint density at radius 1 is 0.410 bits per heavy atom. The number of hydrogen-bond donors (Lipinski definition) is 0. The van der Waals surface area contributed by atoms with E-state index in [1.807, 2.05) is 0 Å². The molecule has 1 heterocycles. The first-order valence-corrected chi connectivity index (χ1v) is 13.5. The summed E-state index contributed by atoms with van der Waals surface area (Å²) in [5.41, 5.74) is 11.3. The highest BCUT2D eigenvalue weighted by atomic mass is 15.2. The minimum atomic E-state index is 0.0962. The number of para-hydroxylation sites is 3. The Balaban J connectivity index is 1.31. The summed E-state index contributed by atoms with van der Waals surface area (Å²) in [4.78, 5) is 2.49. The van der Waals surface area contributed by atoms with Gasteiger partial charge >= 0.3 is 0 Å². The second-order valence-electron chi connectivity index (χ2n) is 10.2. The van der Waals surface area contributed by atoms with Gasteiger partial charge < -0.3 is 9.47 Å². The SMILES string of the molecule is c1ccc(N(c2ccc(-n3c4ccccc4c4ccccc43)cc2)C2c3ccccc3-c3ccccc32)cc1. The minimum Gasteiger partial charge on any atom is -0.330 e. The van der Waals surface area contributed by atoms with Gasteiger partial charge in [-0.05, 0) is 70.8 Å². The largest absolute Gasteiger partial charge is 0.330 e. The van der Waals surface area contributed by atoms with Gasteiger partial charge in [-0.25, -0.2) is 0 Å². The average Bonchev–Trinajstić information content (AvgIpc) is 3.52. The molecule has 1 aliphatic carbocycles. The molecule has 7 aromatic rings. The maximum atomic E-state index is 2.49. The summed E-state index contributed by atoms with van der Waals surface area (Å²) >= 11 is 0. The van der Waals surface area contributed by atoms with Crippen LogP contribution in [0.3, 0.4) is 0 Å². The third kappa shape index (κ3) is 3.35. The number of fused-ring (bicyclic) bond motifs is 6. The second-order valence-corrected chi connectivity index (χ2v) is 10.2. The monoisotopic (exact) mass is 498 g/mol. The fraction of sp³-hybridized carbons (Fsp3) is 0.0270. The first-order chi connectivity index (χ1) is 19.4. The van der Waals surface area contributed by atoms with E-state index in [0.29, 0.717) is 0 Å². The topological polar surface area (TPSA) is 8.17 Å². The Bertz CT molecular complexity index is 1870.